The van der Waals surface area contributed by atoms with Gasteiger partial charge in [-0.2, -0.15) is 5.10 Å². The molecule has 1 aliphatic rings. The lowest BCUT2D eigenvalue weighted by Crippen LogP contribution is -2.52. The summed E-state index contributed by atoms with van der Waals surface area (Å²) in [6.07, 6.45) is 4.01. The standard InChI is InChI=1S/C14H25N5O2/c1-11(18-7-12(2)21-13(3)8-18)6-16-14(20)4-5-19-10-15-9-17-19/h9-13H,4-8H2,1-3H3,(H,16,20)/t11-,12-,13+/m0/s1. The van der Waals surface area contributed by atoms with Gasteiger partial charge >= 0.3 is 0 Å². The number of hydrogen-bond acceptors (Lipinski definition) is 5. The van der Waals surface area contributed by atoms with Crippen molar-refractivity contribution in [3.05, 3.63) is 12.7 Å². The predicted octanol–water partition coefficient (Wildman–Crippen LogP) is 0.282. The number of ether oxygens (including phenoxy) is 1. The van der Waals surface area contributed by atoms with Gasteiger partial charge in [0.1, 0.15) is 12.7 Å². The minimum atomic E-state index is 0.0479. The van der Waals surface area contributed by atoms with Gasteiger partial charge in [0.05, 0.1) is 18.8 Å². The molecule has 0 radical (unpaired) electrons. The van der Waals surface area contributed by atoms with Crippen molar-refractivity contribution in [1.82, 2.24) is 25.0 Å². The Kier molecular flexibility index (Phi) is 5.69. The van der Waals surface area contributed by atoms with Gasteiger partial charge in [0.2, 0.25) is 5.91 Å². The number of carbonyl (C=O) groups is 1. The number of hydrogen-bond donors (Lipinski definition) is 1. The summed E-state index contributed by atoms with van der Waals surface area (Å²) in [6, 6.07) is 0.314. The van der Waals surface area contributed by atoms with Crippen LogP contribution in [-0.4, -0.2) is 63.5 Å². The van der Waals surface area contributed by atoms with Crippen LogP contribution >= 0.6 is 0 Å². The Morgan fingerprint density at radius 2 is 2.14 bits per heavy atom. The normalized spacial score (nSPS) is 24.7. The quantitative estimate of drug-likeness (QED) is 0.816. The van der Waals surface area contributed by atoms with Crippen molar-refractivity contribution in [3.8, 4) is 0 Å². The number of nitrogens with one attached hydrogen (secondary N) is 1. The summed E-state index contributed by atoms with van der Waals surface area (Å²) in [5, 5.41) is 6.97. The molecule has 1 saturated heterocycles. The van der Waals surface area contributed by atoms with Crippen molar-refractivity contribution in [2.24, 2.45) is 0 Å². The molecule has 2 rings (SSSR count). The number of carbonyl (C=O) groups excluding carboxylic acids is 1. The molecule has 7 nitrogen and oxygen atoms in total. The van der Waals surface area contributed by atoms with Crippen LogP contribution in [0.3, 0.4) is 0 Å². The minimum Gasteiger partial charge on any atom is -0.373 e. The molecule has 1 N–H and O–H groups in total. The van der Waals surface area contributed by atoms with E-state index in [9.17, 15) is 4.79 Å². The molecule has 1 amide bonds. The molecule has 2 heterocycles. The van der Waals surface area contributed by atoms with Crippen molar-refractivity contribution in [1.29, 1.82) is 0 Å². The van der Waals surface area contributed by atoms with Gasteiger partial charge in [-0.15, -0.1) is 0 Å². The third kappa shape index (κ3) is 5.09. The van der Waals surface area contributed by atoms with Gasteiger partial charge in [-0.1, -0.05) is 0 Å². The van der Waals surface area contributed by atoms with Crippen LogP contribution in [-0.2, 0) is 16.1 Å². The van der Waals surface area contributed by atoms with Gasteiger partial charge in [0, 0.05) is 32.1 Å². The Labute approximate surface area is 125 Å². The van der Waals surface area contributed by atoms with Crippen LogP contribution in [0.5, 0.6) is 0 Å². The molecule has 118 valence electrons. The SMILES string of the molecule is C[C@@H]1CN([C@@H](C)CNC(=O)CCn2cncn2)C[C@H](C)O1. The van der Waals surface area contributed by atoms with E-state index in [4.69, 9.17) is 4.74 Å². The van der Waals surface area contributed by atoms with Crippen LogP contribution in [0.25, 0.3) is 0 Å². The van der Waals surface area contributed by atoms with E-state index in [1.807, 2.05) is 0 Å². The first-order valence-corrected chi connectivity index (χ1v) is 7.53. The number of aryl methyl sites for hydroxylation is 1. The second-order valence-electron chi connectivity index (χ2n) is 5.77. The molecule has 0 bridgehead atoms. The van der Waals surface area contributed by atoms with Gasteiger partial charge in [-0.3, -0.25) is 14.4 Å². The average Bonchev–Trinajstić information content (AvgIpc) is 2.94. The number of aromatic nitrogens is 3. The molecule has 0 unspecified atom stereocenters. The number of rotatable bonds is 6. The molecule has 1 aromatic heterocycles. The Hall–Kier alpha value is -1.47. The molecule has 0 aliphatic carbocycles. The Morgan fingerprint density at radius 3 is 2.76 bits per heavy atom. The van der Waals surface area contributed by atoms with Gasteiger partial charge < -0.3 is 10.1 Å². The number of nitrogens with zero attached hydrogens (tertiary/aromatic N) is 4. The van der Waals surface area contributed by atoms with E-state index in [1.165, 1.54) is 6.33 Å². The predicted molar refractivity (Wildman–Crippen MR) is 78.7 cm³/mol. The van der Waals surface area contributed by atoms with Crippen LogP contribution in [0.1, 0.15) is 27.2 Å². The fraction of sp³-hybridized carbons (Fsp3) is 0.786. The third-order valence-corrected chi connectivity index (χ3v) is 3.70. The molecular weight excluding hydrogens is 270 g/mol. The maximum absolute atomic E-state index is 11.8. The molecule has 0 aromatic carbocycles. The Balaban J connectivity index is 1.68. The average molecular weight is 295 g/mol. The molecule has 21 heavy (non-hydrogen) atoms. The van der Waals surface area contributed by atoms with Gasteiger partial charge in [-0.05, 0) is 20.8 Å². The molecule has 3 atom stereocenters. The summed E-state index contributed by atoms with van der Waals surface area (Å²) in [4.78, 5) is 18.1. The van der Waals surface area contributed by atoms with Crippen molar-refractivity contribution >= 4 is 5.91 Å². The van der Waals surface area contributed by atoms with Crippen molar-refractivity contribution in [2.45, 2.75) is 52.0 Å². The topological polar surface area (TPSA) is 72.3 Å². The van der Waals surface area contributed by atoms with E-state index in [0.29, 0.717) is 25.6 Å². The monoisotopic (exact) mass is 295 g/mol. The summed E-state index contributed by atoms with van der Waals surface area (Å²) in [6.45, 7) is 9.38. The highest BCUT2D eigenvalue weighted by atomic mass is 16.5. The van der Waals surface area contributed by atoms with E-state index in [0.717, 1.165) is 13.1 Å². The lowest BCUT2D eigenvalue weighted by Gasteiger charge is -2.39. The molecule has 7 heteroatoms. The zero-order valence-corrected chi connectivity index (χ0v) is 13.0. The van der Waals surface area contributed by atoms with Crippen molar-refractivity contribution in [2.75, 3.05) is 19.6 Å². The largest absolute Gasteiger partial charge is 0.373 e. The van der Waals surface area contributed by atoms with Gasteiger partial charge in [-0.25, -0.2) is 4.98 Å². The van der Waals surface area contributed by atoms with Crippen LogP contribution in [0.15, 0.2) is 12.7 Å². The van der Waals surface area contributed by atoms with Crippen LogP contribution in [0.2, 0.25) is 0 Å². The first-order chi connectivity index (χ1) is 10.0. The molecule has 0 spiro atoms. The Morgan fingerprint density at radius 1 is 1.43 bits per heavy atom. The summed E-state index contributed by atoms with van der Waals surface area (Å²) in [5.41, 5.74) is 0. The highest BCUT2D eigenvalue weighted by Gasteiger charge is 2.25. The first-order valence-electron chi connectivity index (χ1n) is 7.53. The second-order valence-corrected chi connectivity index (χ2v) is 5.77. The highest BCUT2D eigenvalue weighted by Crippen LogP contribution is 2.13. The Bertz CT molecular complexity index is 427. The summed E-state index contributed by atoms with van der Waals surface area (Å²) in [7, 11) is 0. The number of amides is 1. The second kappa shape index (κ2) is 7.51. The van der Waals surface area contributed by atoms with E-state index >= 15 is 0 Å². The van der Waals surface area contributed by atoms with E-state index in [-0.39, 0.29) is 18.1 Å². The zero-order valence-electron chi connectivity index (χ0n) is 13.0. The summed E-state index contributed by atoms with van der Waals surface area (Å²) >= 11 is 0. The fourth-order valence-corrected chi connectivity index (χ4v) is 2.62. The maximum atomic E-state index is 11.8. The zero-order chi connectivity index (χ0) is 15.2. The molecule has 1 aliphatic heterocycles. The van der Waals surface area contributed by atoms with Gasteiger partial charge in [0.25, 0.3) is 0 Å². The molecule has 1 aromatic rings. The smallest absolute Gasteiger partial charge is 0.221 e. The van der Waals surface area contributed by atoms with Crippen molar-refractivity contribution < 1.29 is 9.53 Å². The number of morpholine rings is 1. The highest BCUT2D eigenvalue weighted by molar-refractivity contribution is 5.75. The first kappa shape index (κ1) is 15.9. The summed E-state index contributed by atoms with van der Waals surface area (Å²) in [5.74, 6) is 0.0479. The van der Waals surface area contributed by atoms with Crippen LogP contribution in [0, 0.1) is 0 Å². The van der Waals surface area contributed by atoms with E-state index in [2.05, 4.69) is 41.1 Å². The van der Waals surface area contributed by atoms with Crippen molar-refractivity contribution in [3.63, 3.8) is 0 Å². The van der Waals surface area contributed by atoms with Crippen LogP contribution < -0.4 is 5.32 Å². The molecule has 0 saturated carbocycles. The lowest BCUT2D eigenvalue weighted by molar-refractivity contribution is -0.122. The fourth-order valence-electron chi connectivity index (χ4n) is 2.62. The minimum absolute atomic E-state index is 0.0479. The molecular formula is C14H25N5O2. The summed E-state index contributed by atoms with van der Waals surface area (Å²) < 4.78 is 7.39. The van der Waals surface area contributed by atoms with Gasteiger partial charge in [0.15, 0.2) is 0 Å². The molecule has 1 fully saturated rings. The van der Waals surface area contributed by atoms with E-state index in [1.54, 1.807) is 11.0 Å². The van der Waals surface area contributed by atoms with E-state index < -0.39 is 0 Å². The maximum Gasteiger partial charge on any atom is 0.221 e. The third-order valence-electron chi connectivity index (χ3n) is 3.70. The van der Waals surface area contributed by atoms with Crippen LogP contribution in [0.4, 0.5) is 0 Å². The lowest BCUT2D eigenvalue weighted by atomic mass is 10.1.